The van der Waals surface area contributed by atoms with Crippen molar-refractivity contribution >= 4 is 35.0 Å². The van der Waals surface area contributed by atoms with E-state index in [9.17, 15) is 9.59 Å². The molecule has 0 bridgehead atoms. The number of thioether (sulfide) groups is 1. The van der Waals surface area contributed by atoms with Crippen molar-refractivity contribution in [3.05, 3.63) is 54.1 Å². The van der Waals surface area contributed by atoms with Gasteiger partial charge >= 0.3 is 0 Å². The molecule has 1 aliphatic heterocycles. The quantitative estimate of drug-likeness (QED) is 0.826. The molecule has 1 heterocycles. The fourth-order valence-electron chi connectivity index (χ4n) is 3.02. The molecule has 2 aromatic rings. The highest BCUT2D eigenvalue weighted by Crippen LogP contribution is 2.37. The van der Waals surface area contributed by atoms with E-state index in [1.165, 1.54) is 0 Å². The maximum atomic E-state index is 12.9. The van der Waals surface area contributed by atoms with Gasteiger partial charge in [0.05, 0.1) is 5.69 Å². The number of nitrogens with one attached hydrogen (secondary N) is 1. The van der Waals surface area contributed by atoms with Crippen molar-refractivity contribution < 1.29 is 9.59 Å². The zero-order valence-electron chi connectivity index (χ0n) is 15.8. The Morgan fingerprint density at radius 1 is 1.15 bits per heavy atom. The van der Waals surface area contributed by atoms with Crippen molar-refractivity contribution in [2.24, 2.45) is 0 Å². The van der Waals surface area contributed by atoms with Gasteiger partial charge in [-0.25, -0.2) is 0 Å². The third-order valence-electron chi connectivity index (χ3n) is 4.38. The monoisotopic (exact) mass is 383 g/mol. The summed E-state index contributed by atoms with van der Waals surface area (Å²) in [6, 6.07) is 15.1. The van der Waals surface area contributed by atoms with Crippen LogP contribution in [0.1, 0.15) is 23.2 Å². The van der Waals surface area contributed by atoms with Gasteiger partial charge in [-0.1, -0.05) is 18.2 Å². The molecule has 1 aliphatic rings. The molecule has 0 saturated carbocycles. The van der Waals surface area contributed by atoms with E-state index in [4.69, 9.17) is 0 Å². The van der Waals surface area contributed by atoms with E-state index in [2.05, 4.69) is 10.2 Å². The maximum absolute atomic E-state index is 12.9. The smallest absolute Gasteiger partial charge is 0.258 e. The summed E-state index contributed by atoms with van der Waals surface area (Å²) in [4.78, 5) is 30.0. The Hall–Kier alpha value is -2.31. The highest BCUT2D eigenvalue weighted by Gasteiger charge is 2.24. The Morgan fingerprint density at radius 2 is 1.93 bits per heavy atom. The van der Waals surface area contributed by atoms with E-state index in [0.717, 1.165) is 35.0 Å². The SMILES string of the molecule is CN(C)CCCC(=O)Nc1ccc2c(c1)N(C(=O)c1ccccc1)CCS2. The van der Waals surface area contributed by atoms with Crippen molar-refractivity contribution in [3.8, 4) is 0 Å². The van der Waals surface area contributed by atoms with Crippen LogP contribution in [0.5, 0.6) is 0 Å². The van der Waals surface area contributed by atoms with Crippen LogP contribution in [0, 0.1) is 0 Å². The molecule has 0 aromatic heterocycles. The van der Waals surface area contributed by atoms with Crippen molar-refractivity contribution in [3.63, 3.8) is 0 Å². The minimum atomic E-state index is -0.00777. The number of nitrogens with zero attached hydrogens (tertiary/aromatic N) is 2. The molecule has 2 aromatic carbocycles. The Kier molecular flexibility index (Phi) is 6.53. The summed E-state index contributed by atoms with van der Waals surface area (Å²) in [6.07, 6.45) is 1.30. The zero-order chi connectivity index (χ0) is 19.2. The van der Waals surface area contributed by atoms with Gasteiger partial charge in [0.1, 0.15) is 0 Å². The molecule has 0 saturated heterocycles. The fourth-order valence-corrected chi connectivity index (χ4v) is 4.00. The number of benzene rings is 2. The molecule has 0 fully saturated rings. The number of anilines is 2. The van der Waals surface area contributed by atoms with Crippen LogP contribution in [-0.2, 0) is 4.79 Å². The van der Waals surface area contributed by atoms with E-state index in [1.54, 1.807) is 11.8 Å². The van der Waals surface area contributed by atoms with Gasteiger partial charge in [-0.3, -0.25) is 9.59 Å². The molecule has 5 nitrogen and oxygen atoms in total. The number of hydrogen-bond acceptors (Lipinski definition) is 4. The summed E-state index contributed by atoms with van der Waals surface area (Å²) in [5.41, 5.74) is 2.27. The Balaban J connectivity index is 1.74. The lowest BCUT2D eigenvalue weighted by Crippen LogP contribution is -2.35. The summed E-state index contributed by atoms with van der Waals surface area (Å²) < 4.78 is 0. The minimum absolute atomic E-state index is 0.00111. The number of hydrogen-bond donors (Lipinski definition) is 1. The molecule has 0 radical (unpaired) electrons. The van der Waals surface area contributed by atoms with Crippen molar-refractivity contribution in [1.82, 2.24) is 4.90 Å². The van der Waals surface area contributed by atoms with Gasteiger partial charge in [0.15, 0.2) is 0 Å². The standard InChI is InChI=1S/C21H25N3O2S/c1-23(2)12-6-9-20(25)22-17-10-11-19-18(15-17)24(13-14-27-19)21(26)16-7-4-3-5-8-16/h3-5,7-8,10-11,15H,6,9,12-14H2,1-2H3,(H,22,25). The van der Waals surface area contributed by atoms with Crippen LogP contribution in [0.3, 0.4) is 0 Å². The van der Waals surface area contributed by atoms with E-state index in [0.29, 0.717) is 18.5 Å². The van der Waals surface area contributed by atoms with Gasteiger partial charge in [0.25, 0.3) is 5.91 Å². The van der Waals surface area contributed by atoms with Crippen LogP contribution in [0.15, 0.2) is 53.4 Å². The summed E-state index contributed by atoms with van der Waals surface area (Å²) in [5.74, 6) is 0.856. The third kappa shape index (κ3) is 5.11. The molecular formula is C21H25N3O2S. The van der Waals surface area contributed by atoms with Gasteiger partial charge in [0, 0.05) is 34.9 Å². The van der Waals surface area contributed by atoms with Crippen molar-refractivity contribution in [2.45, 2.75) is 17.7 Å². The fraction of sp³-hybridized carbons (Fsp3) is 0.333. The average Bonchev–Trinajstić information content (AvgIpc) is 2.67. The second-order valence-electron chi connectivity index (χ2n) is 6.81. The predicted octanol–water partition coefficient (Wildman–Crippen LogP) is 3.72. The first-order valence-electron chi connectivity index (χ1n) is 9.13. The van der Waals surface area contributed by atoms with E-state index >= 15 is 0 Å². The van der Waals surface area contributed by atoms with Crippen LogP contribution < -0.4 is 10.2 Å². The molecular weight excluding hydrogens is 358 g/mol. The molecule has 3 rings (SSSR count). The Morgan fingerprint density at radius 3 is 2.67 bits per heavy atom. The largest absolute Gasteiger partial charge is 0.326 e. The number of fused-ring (bicyclic) bond motifs is 1. The van der Waals surface area contributed by atoms with Gasteiger partial charge in [-0.05, 0) is 57.4 Å². The molecule has 0 spiro atoms. The number of carbonyl (C=O) groups excluding carboxylic acids is 2. The highest BCUT2D eigenvalue weighted by molar-refractivity contribution is 7.99. The summed E-state index contributed by atoms with van der Waals surface area (Å²) >= 11 is 1.74. The first kappa shape index (κ1) is 19.5. The zero-order valence-corrected chi connectivity index (χ0v) is 16.6. The second kappa shape index (κ2) is 9.06. The molecule has 6 heteroatoms. The van der Waals surface area contributed by atoms with Gasteiger partial charge < -0.3 is 15.1 Å². The van der Waals surface area contributed by atoms with Gasteiger partial charge in [0.2, 0.25) is 5.91 Å². The van der Waals surface area contributed by atoms with Crippen LogP contribution in [0.25, 0.3) is 0 Å². The maximum Gasteiger partial charge on any atom is 0.258 e. The number of rotatable bonds is 6. The van der Waals surface area contributed by atoms with Gasteiger partial charge in [-0.2, -0.15) is 0 Å². The lowest BCUT2D eigenvalue weighted by atomic mass is 10.1. The van der Waals surface area contributed by atoms with Gasteiger partial charge in [-0.15, -0.1) is 11.8 Å². The molecule has 2 amide bonds. The molecule has 1 N–H and O–H groups in total. The van der Waals surface area contributed by atoms with Crippen LogP contribution in [-0.4, -0.2) is 49.7 Å². The highest BCUT2D eigenvalue weighted by atomic mass is 32.2. The Labute approximate surface area is 164 Å². The number of carbonyl (C=O) groups is 2. The topological polar surface area (TPSA) is 52.7 Å². The first-order chi connectivity index (χ1) is 13.0. The average molecular weight is 384 g/mol. The third-order valence-corrected chi connectivity index (χ3v) is 5.42. The van der Waals surface area contributed by atoms with Crippen LogP contribution in [0.4, 0.5) is 11.4 Å². The second-order valence-corrected chi connectivity index (χ2v) is 7.95. The normalized spacial score (nSPS) is 13.4. The molecule has 0 unspecified atom stereocenters. The Bertz CT molecular complexity index is 808. The summed E-state index contributed by atoms with van der Waals surface area (Å²) in [6.45, 7) is 1.54. The van der Waals surface area contributed by atoms with Crippen LogP contribution in [0.2, 0.25) is 0 Å². The minimum Gasteiger partial charge on any atom is -0.326 e. The lowest BCUT2D eigenvalue weighted by Gasteiger charge is -2.29. The molecule has 0 atom stereocenters. The van der Waals surface area contributed by atoms with E-state index < -0.39 is 0 Å². The van der Waals surface area contributed by atoms with E-state index in [1.807, 2.05) is 67.5 Å². The van der Waals surface area contributed by atoms with Crippen molar-refractivity contribution in [2.75, 3.05) is 43.2 Å². The number of amides is 2. The summed E-state index contributed by atoms with van der Waals surface area (Å²) in [5, 5.41) is 2.96. The first-order valence-corrected chi connectivity index (χ1v) is 10.1. The molecule has 0 aliphatic carbocycles. The van der Waals surface area contributed by atoms with Crippen molar-refractivity contribution in [1.29, 1.82) is 0 Å². The molecule has 27 heavy (non-hydrogen) atoms. The predicted molar refractivity (Wildman–Crippen MR) is 112 cm³/mol. The summed E-state index contributed by atoms with van der Waals surface area (Å²) in [7, 11) is 3.99. The van der Waals surface area contributed by atoms with E-state index in [-0.39, 0.29) is 11.8 Å². The molecule has 142 valence electrons. The van der Waals surface area contributed by atoms with Crippen LogP contribution >= 0.6 is 11.8 Å². The lowest BCUT2D eigenvalue weighted by molar-refractivity contribution is -0.116.